The van der Waals surface area contributed by atoms with Crippen LogP contribution in [0.15, 0.2) is 41.3 Å². The molecule has 0 unspecified atom stereocenters. The minimum atomic E-state index is 0.0801. The van der Waals surface area contributed by atoms with Crippen LogP contribution in [0.1, 0.15) is 48.0 Å². The number of amides is 1. The van der Waals surface area contributed by atoms with Crippen LogP contribution >= 0.6 is 0 Å². The minimum absolute atomic E-state index is 0.0801. The summed E-state index contributed by atoms with van der Waals surface area (Å²) in [4.78, 5) is 20.8. The lowest BCUT2D eigenvalue weighted by Gasteiger charge is -2.29. The molecule has 28 heavy (non-hydrogen) atoms. The molecule has 1 amide bonds. The molecule has 0 spiro atoms. The number of carbonyl (C=O) groups is 1. The Bertz CT molecular complexity index is 733. The number of nitrogens with one attached hydrogen (secondary N) is 1. The van der Waals surface area contributed by atoms with Crippen LogP contribution in [0, 0.1) is 5.92 Å². The molecule has 4 rings (SSSR count). The molecule has 1 saturated heterocycles. The molecular formula is C22H30N3O3+. The Balaban J connectivity index is 1.47. The van der Waals surface area contributed by atoms with Crippen LogP contribution in [-0.2, 0) is 11.3 Å². The lowest BCUT2D eigenvalue weighted by molar-refractivity contribution is -0.364. The number of anilines is 1. The monoisotopic (exact) mass is 384 g/mol. The van der Waals surface area contributed by atoms with Crippen LogP contribution < -0.4 is 9.88 Å². The molecule has 2 aromatic rings. The van der Waals surface area contributed by atoms with Crippen LogP contribution in [0.3, 0.4) is 0 Å². The molecule has 1 aliphatic carbocycles. The summed E-state index contributed by atoms with van der Waals surface area (Å²) in [5, 5.41) is 0. The van der Waals surface area contributed by atoms with E-state index in [0.717, 1.165) is 44.2 Å². The molecule has 6 nitrogen and oxygen atoms in total. The highest BCUT2D eigenvalue weighted by Gasteiger charge is 2.24. The Hall–Kier alpha value is -2.34. The number of H-pyrrole nitrogens is 1. The Morgan fingerprint density at radius 1 is 1.14 bits per heavy atom. The van der Waals surface area contributed by atoms with Crippen molar-refractivity contribution >= 4 is 11.7 Å². The number of furan rings is 1. The molecule has 0 radical (unpaired) electrons. The molecule has 150 valence electrons. The number of aromatic amines is 1. The second-order valence-corrected chi connectivity index (χ2v) is 7.88. The molecule has 6 heteroatoms. The largest absolute Gasteiger partial charge is 0.472 e. The Kier molecular flexibility index (Phi) is 6.27. The predicted molar refractivity (Wildman–Crippen MR) is 106 cm³/mol. The molecule has 0 atom stereocenters. The van der Waals surface area contributed by atoms with Gasteiger partial charge in [-0.05, 0) is 30.9 Å². The number of carbonyl (C=O) groups excluding carboxylic acids is 1. The van der Waals surface area contributed by atoms with Crippen LogP contribution in [-0.4, -0.2) is 43.7 Å². The Morgan fingerprint density at radius 3 is 2.64 bits per heavy atom. The third-order valence-electron chi connectivity index (χ3n) is 5.84. The first-order valence-electron chi connectivity index (χ1n) is 10.4. The molecule has 3 heterocycles. The highest BCUT2D eigenvalue weighted by atomic mass is 16.5. The lowest BCUT2D eigenvalue weighted by Crippen LogP contribution is -2.40. The number of morpholine rings is 1. The van der Waals surface area contributed by atoms with Crippen LogP contribution in [0.25, 0.3) is 0 Å². The maximum atomic E-state index is 13.3. The summed E-state index contributed by atoms with van der Waals surface area (Å²) in [5.41, 5.74) is 1.74. The molecule has 1 saturated carbocycles. The van der Waals surface area contributed by atoms with Gasteiger partial charge >= 0.3 is 0 Å². The van der Waals surface area contributed by atoms with Crippen LogP contribution in [0.4, 0.5) is 5.82 Å². The number of hydrogen-bond acceptors (Lipinski definition) is 4. The van der Waals surface area contributed by atoms with Gasteiger partial charge in [-0.15, -0.1) is 0 Å². The van der Waals surface area contributed by atoms with Crippen molar-refractivity contribution in [3.8, 4) is 0 Å². The van der Waals surface area contributed by atoms with E-state index in [2.05, 4.69) is 9.88 Å². The molecule has 1 N–H and O–H groups in total. The van der Waals surface area contributed by atoms with Crippen molar-refractivity contribution in [2.45, 2.75) is 38.6 Å². The van der Waals surface area contributed by atoms with Crippen molar-refractivity contribution in [3.63, 3.8) is 0 Å². The van der Waals surface area contributed by atoms with Gasteiger partial charge in [-0.3, -0.25) is 9.69 Å². The van der Waals surface area contributed by atoms with Gasteiger partial charge in [-0.25, -0.2) is 4.98 Å². The van der Waals surface area contributed by atoms with E-state index in [-0.39, 0.29) is 5.91 Å². The number of hydrogen-bond donors (Lipinski definition) is 0. The number of ether oxygens (including phenoxy) is 1. The summed E-state index contributed by atoms with van der Waals surface area (Å²) >= 11 is 0. The zero-order chi connectivity index (χ0) is 19.2. The highest BCUT2D eigenvalue weighted by Crippen LogP contribution is 2.26. The standard InChI is InChI=1S/C22H29N3O3/c26-22(20-6-7-21(23-14-20)24-9-12-27-13-10-24)25(16-19-8-11-28-17-19)15-18-4-2-1-3-5-18/h6-8,11,14,17-18H,1-5,9-10,12-13,15-16H2/p+1. The molecule has 2 aromatic heterocycles. The van der Waals surface area contributed by atoms with Crippen LogP contribution in [0.2, 0.25) is 0 Å². The Morgan fingerprint density at radius 2 is 1.96 bits per heavy atom. The molecule has 0 aromatic carbocycles. The van der Waals surface area contributed by atoms with Gasteiger partial charge in [0, 0.05) is 24.7 Å². The van der Waals surface area contributed by atoms with E-state index in [0.29, 0.717) is 18.0 Å². The normalized spacial score (nSPS) is 18.2. The first-order valence-corrected chi connectivity index (χ1v) is 10.4. The summed E-state index contributed by atoms with van der Waals surface area (Å²) in [6.07, 6.45) is 11.6. The predicted octanol–water partition coefficient (Wildman–Crippen LogP) is 3.15. The molecule has 2 fully saturated rings. The topological polar surface area (TPSA) is 60.1 Å². The second kappa shape index (κ2) is 9.24. The minimum Gasteiger partial charge on any atom is -0.472 e. The fourth-order valence-electron chi connectivity index (χ4n) is 4.24. The number of pyridine rings is 1. The molecular weight excluding hydrogens is 354 g/mol. The fourth-order valence-corrected chi connectivity index (χ4v) is 4.24. The van der Waals surface area contributed by atoms with Crippen molar-refractivity contribution in [2.75, 3.05) is 37.7 Å². The maximum absolute atomic E-state index is 13.3. The van der Waals surface area contributed by atoms with E-state index in [1.165, 1.54) is 32.1 Å². The van der Waals surface area contributed by atoms with Gasteiger partial charge in [0.1, 0.15) is 19.3 Å². The molecule has 2 aliphatic rings. The first kappa shape index (κ1) is 19.0. The summed E-state index contributed by atoms with van der Waals surface area (Å²) in [7, 11) is 0. The number of nitrogens with zero attached hydrogens (tertiary/aromatic N) is 2. The quantitative estimate of drug-likeness (QED) is 0.768. The van der Waals surface area contributed by atoms with Gasteiger partial charge in [0.15, 0.2) is 0 Å². The number of rotatable bonds is 6. The van der Waals surface area contributed by atoms with E-state index in [4.69, 9.17) is 9.15 Å². The zero-order valence-corrected chi connectivity index (χ0v) is 16.4. The molecule has 1 aliphatic heterocycles. The van der Waals surface area contributed by atoms with E-state index >= 15 is 0 Å². The van der Waals surface area contributed by atoms with Gasteiger partial charge in [0.2, 0.25) is 0 Å². The van der Waals surface area contributed by atoms with Gasteiger partial charge in [-0.2, -0.15) is 0 Å². The van der Waals surface area contributed by atoms with Crippen molar-refractivity contribution in [2.24, 2.45) is 5.92 Å². The van der Waals surface area contributed by atoms with E-state index < -0.39 is 0 Å². The van der Waals surface area contributed by atoms with Gasteiger partial charge in [-0.1, -0.05) is 19.3 Å². The average Bonchev–Trinajstić information content (AvgIpc) is 3.27. The SMILES string of the molecule is O=C(c1ccc(N2CCOCC2)[nH+]c1)N(Cc1ccoc1)CC1CCCCC1. The first-order chi connectivity index (χ1) is 13.8. The third kappa shape index (κ3) is 4.73. The lowest BCUT2D eigenvalue weighted by atomic mass is 9.88. The average molecular weight is 385 g/mol. The summed E-state index contributed by atoms with van der Waals surface area (Å²) in [6.45, 7) is 4.64. The second-order valence-electron chi connectivity index (χ2n) is 7.88. The highest BCUT2D eigenvalue weighted by molar-refractivity contribution is 5.93. The summed E-state index contributed by atoms with van der Waals surface area (Å²) in [5.74, 6) is 1.71. The van der Waals surface area contributed by atoms with Crippen molar-refractivity contribution in [3.05, 3.63) is 48.0 Å². The third-order valence-corrected chi connectivity index (χ3v) is 5.84. The molecule has 0 bridgehead atoms. The smallest absolute Gasteiger partial charge is 0.274 e. The summed E-state index contributed by atoms with van der Waals surface area (Å²) < 4.78 is 10.6. The maximum Gasteiger partial charge on any atom is 0.274 e. The Labute approximate surface area is 166 Å². The summed E-state index contributed by atoms with van der Waals surface area (Å²) in [6, 6.07) is 5.89. The fraction of sp³-hybridized carbons (Fsp3) is 0.545. The van der Waals surface area contributed by atoms with Gasteiger partial charge < -0.3 is 14.1 Å². The van der Waals surface area contributed by atoms with Crippen molar-refractivity contribution in [1.82, 2.24) is 4.90 Å². The van der Waals surface area contributed by atoms with Crippen molar-refractivity contribution in [1.29, 1.82) is 0 Å². The zero-order valence-electron chi connectivity index (χ0n) is 16.4. The van der Waals surface area contributed by atoms with Gasteiger partial charge in [0.25, 0.3) is 11.7 Å². The van der Waals surface area contributed by atoms with E-state index in [1.807, 2.05) is 29.3 Å². The van der Waals surface area contributed by atoms with Gasteiger partial charge in [0.05, 0.1) is 31.3 Å². The van der Waals surface area contributed by atoms with E-state index in [1.54, 1.807) is 12.5 Å². The van der Waals surface area contributed by atoms with E-state index in [9.17, 15) is 4.79 Å². The van der Waals surface area contributed by atoms with Crippen LogP contribution in [0.5, 0.6) is 0 Å². The van der Waals surface area contributed by atoms with Crippen molar-refractivity contribution < 1.29 is 18.9 Å². The number of aromatic nitrogens is 1.